The maximum atomic E-state index is 5.62. The Balaban J connectivity index is 2.43. The summed E-state index contributed by atoms with van der Waals surface area (Å²) in [6.07, 6.45) is 0. The molecule has 5 heteroatoms. The lowest BCUT2D eigenvalue weighted by Crippen LogP contribution is -2.11. The molecule has 0 fully saturated rings. The molecule has 2 aromatic heterocycles. The summed E-state index contributed by atoms with van der Waals surface area (Å²) < 4.78 is 5.62. The fourth-order valence-electron chi connectivity index (χ4n) is 1.74. The SMILES string of the molecule is CNC(C)c1nnc(-c2c(C)oc(C)c2C)s1. The molecule has 0 aliphatic carbocycles. The van der Waals surface area contributed by atoms with Crippen molar-refractivity contribution in [3.05, 3.63) is 22.1 Å². The molecule has 0 spiro atoms. The summed E-state index contributed by atoms with van der Waals surface area (Å²) in [6.45, 7) is 8.08. The topological polar surface area (TPSA) is 51.0 Å². The molecule has 2 rings (SSSR count). The molecule has 1 atom stereocenters. The third kappa shape index (κ3) is 2.12. The van der Waals surface area contributed by atoms with Crippen LogP contribution in [-0.4, -0.2) is 17.2 Å². The maximum absolute atomic E-state index is 5.62. The number of aromatic nitrogens is 2. The molecule has 2 aromatic rings. The predicted molar refractivity (Wildman–Crippen MR) is 69.3 cm³/mol. The van der Waals surface area contributed by atoms with E-state index >= 15 is 0 Å². The van der Waals surface area contributed by atoms with Crippen LogP contribution in [0.3, 0.4) is 0 Å². The fraction of sp³-hybridized carbons (Fsp3) is 0.500. The monoisotopic (exact) mass is 251 g/mol. The van der Waals surface area contributed by atoms with Crippen LogP contribution in [0, 0.1) is 20.8 Å². The lowest BCUT2D eigenvalue weighted by atomic mass is 10.1. The van der Waals surface area contributed by atoms with Crippen molar-refractivity contribution in [2.45, 2.75) is 33.7 Å². The fourth-order valence-corrected chi connectivity index (χ4v) is 2.80. The van der Waals surface area contributed by atoms with E-state index in [-0.39, 0.29) is 6.04 Å². The van der Waals surface area contributed by atoms with Crippen LogP contribution in [0.1, 0.15) is 35.1 Å². The van der Waals surface area contributed by atoms with E-state index in [4.69, 9.17) is 4.42 Å². The lowest BCUT2D eigenvalue weighted by molar-refractivity contribution is 0.503. The first-order valence-corrected chi connectivity index (χ1v) is 6.43. The number of aryl methyl sites for hydroxylation is 2. The Morgan fingerprint density at radius 1 is 1.18 bits per heavy atom. The second kappa shape index (κ2) is 4.58. The van der Waals surface area contributed by atoms with Crippen molar-refractivity contribution in [1.82, 2.24) is 15.5 Å². The van der Waals surface area contributed by atoms with Crippen LogP contribution in [0.2, 0.25) is 0 Å². The Bertz CT molecular complexity index is 530. The number of hydrogen-bond donors (Lipinski definition) is 1. The highest BCUT2D eigenvalue weighted by molar-refractivity contribution is 7.14. The zero-order chi connectivity index (χ0) is 12.6. The van der Waals surface area contributed by atoms with Gasteiger partial charge in [0.2, 0.25) is 0 Å². The summed E-state index contributed by atoms with van der Waals surface area (Å²) in [6, 6.07) is 0.231. The first kappa shape index (κ1) is 12.3. The Morgan fingerprint density at radius 2 is 1.88 bits per heavy atom. The highest BCUT2D eigenvalue weighted by Crippen LogP contribution is 2.34. The molecule has 17 heavy (non-hydrogen) atoms. The molecular weight excluding hydrogens is 234 g/mol. The lowest BCUT2D eigenvalue weighted by Gasteiger charge is -2.02. The number of rotatable bonds is 3. The molecule has 92 valence electrons. The molecule has 0 aliphatic heterocycles. The number of furan rings is 1. The van der Waals surface area contributed by atoms with E-state index in [0.717, 1.165) is 32.7 Å². The minimum absolute atomic E-state index is 0.231. The zero-order valence-corrected chi connectivity index (χ0v) is 11.6. The van der Waals surface area contributed by atoms with E-state index in [1.165, 1.54) is 0 Å². The first-order chi connectivity index (χ1) is 8.04. The van der Waals surface area contributed by atoms with Gasteiger partial charge in [0, 0.05) is 5.56 Å². The third-order valence-electron chi connectivity index (χ3n) is 3.02. The van der Waals surface area contributed by atoms with Crippen LogP contribution in [0.4, 0.5) is 0 Å². The van der Waals surface area contributed by atoms with E-state index in [2.05, 4.69) is 29.4 Å². The summed E-state index contributed by atoms with van der Waals surface area (Å²) in [5.74, 6) is 1.87. The average molecular weight is 251 g/mol. The molecule has 0 amide bonds. The smallest absolute Gasteiger partial charge is 0.151 e. The van der Waals surface area contributed by atoms with Crippen LogP contribution >= 0.6 is 11.3 Å². The second-order valence-corrected chi connectivity index (χ2v) is 5.18. The largest absolute Gasteiger partial charge is 0.466 e. The molecule has 0 saturated heterocycles. The van der Waals surface area contributed by atoms with Gasteiger partial charge in [-0.3, -0.25) is 0 Å². The Hall–Kier alpha value is -1.20. The number of nitrogens with one attached hydrogen (secondary N) is 1. The molecule has 1 N–H and O–H groups in total. The molecule has 2 heterocycles. The number of nitrogens with zero attached hydrogens (tertiary/aromatic N) is 2. The van der Waals surface area contributed by atoms with Crippen molar-refractivity contribution in [1.29, 1.82) is 0 Å². The highest BCUT2D eigenvalue weighted by atomic mass is 32.1. The van der Waals surface area contributed by atoms with E-state index in [9.17, 15) is 0 Å². The van der Waals surface area contributed by atoms with Crippen molar-refractivity contribution >= 4 is 11.3 Å². The molecular formula is C12H17N3OS. The van der Waals surface area contributed by atoms with Crippen molar-refractivity contribution < 1.29 is 4.42 Å². The Labute approximate surface area is 105 Å². The van der Waals surface area contributed by atoms with Crippen LogP contribution in [0.25, 0.3) is 10.6 Å². The highest BCUT2D eigenvalue weighted by Gasteiger charge is 2.18. The minimum Gasteiger partial charge on any atom is -0.466 e. The van der Waals surface area contributed by atoms with Gasteiger partial charge in [0.25, 0.3) is 0 Å². The van der Waals surface area contributed by atoms with Crippen molar-refractivity contribution in [2.75, 3.05) is 7.05 Å². The van der Waals surface area contributed by atoms with E-state index in [0.29, 0.717) is 0 Å². The first-order valence-electron chi connectivity index (χ1n) is 5.62. The second-order valence-electron chi connectivity index (χ2n) is 4.17. The summed E-state index contributed by atoms with van der Waals surface area (Å²) in [7, 11) is 1.92. The van der Waals surface area contributed by atoms with Crippen molar-refractivity contribution in [3.63, 3.8) is 0 Å². The summed E-state index contributed by atoms with van der Waals surface area (Å²) >= 11 is 1.62. The Morgan fingerprint density at radius 3 is 2.41 bits per heavy atom. The van der Waals surface area contributed by atoms with Gasteiger partial charge in [-0.2, -0.15) is 0 Å². The molecule has 0 saturated carbocycles. The normalized spacial score (nSPS) is 13.0. The van der Waals surface area contributed by atoms with Gasteiger partial charge in [-0.05, 0) is 34.7 Å². The van der Waals surface area contributed by atoms with Gasteiger partial charge in [-0.1, -0.05) is 11.3 Å². The number of hydrogen-bond acceptors (Lipinski definition) is 5. The van der Waals surface area contributed by atoms with Crippen LogP contribution in [0.5, 0.6) is 0 Å². The van der Waals surface area contributed by atoms with Crippen LogP contribution in [-0.2, 0) is 0 Å². The standard InChI is InChI=1S/C12H17N3OS/c1-6-8(3)16-9(4)10(6)12-15-14-11(17-12)7(2)13-5/h7,13H,1-5H3. The Kier molecular flexibility index (Phi) is 3.31. The average Bonchev–Trinajstić information content (AvgIpc) is 2.85. The summed E-state index contributed by atoms with van der Waals surface area (Å²) in [5, 5.41) is 13.6. The third-order valence-corrected chi connectivity index (χ3v) is 4.14. The molecule has 0 bridgehead atoms. The summed E-state index contributed by atoms with van der Waals surface area (Å²) in [4.78, 5) is 0. The van der Waals surface area contributed by atoms with E-state index in [1.807, 2.05) is 20.9 Å². The predicted octanol–water partition coefficient (Wildman–Crippen LogP) is 3.00. The van der Waals surface area contributed by atoms with Gasteiger partial charge < -0.3 is 9.73 Å². The van der Waals surface area contributed by atoms with Crippen LogP contribution < -0.4 is 5.32 Å². The molecule has 1 unspecified atom stereocenters. The van der Waals surface area contributed by atoms with Gasteiger partial charge in [-0.25, -0.2) is 0 Å². The quantitative estimate of drug-likeness (QED) is 0.911. The van der Waals surface area contributed by atoms with Gasteiger partial charge in [0.15, 0.2) is 5.01 Å². The van der Waals surface area contributed by atoms with Crippen LogP contribution in [0.15, 0.2) is 4.42 Å². The van der Waals surface area contributed by atoms with Gasteiger partial charge in [0.1, 0.15) is 16.5 Å². The van der Waals surface area contributed by atoms with Gasteiger partial charge in [0.05, 0.1) is 11.6 Å². The van der Waals surface area contributed by atoms with Crippen molar-refractivity contribution in [3.8, 4) is 10.6 Å². The maximum Gasteiger partial charge on any atom is 0.151 e. The zero-order valence-electron chi connectivity index (χ0n) is 10.8. The van der Waals surface area contributed by atoms with Crippen molar-refractivity contribution in [2.24, 2.45) is 0 Å². The molecule has 0 aliphatic rings. The summed E-state index contributed by atoms with van der Waals surface area (Å²) in [5.41, 5.74) is 2.25. The molecule has 0 radical (unpaired) electrons. The molecule has 0 aromatic carbocycles. The minimum atomic E-state index is 0.231. The van der Waals surface area contributed by atoms with Gasteiger partial charge in [-0.15, -0.1) is 10.2 Å². The van der Waals surface area contributed by atoms with E-state index < -0.39 is 0 Å². The molecule has 4 nitrogen and oxygen atoms in total. The van der Waals surface area contributed by atoms with Gasteiger partial charge >= 0.3 is 0 Å². The van der Waals surface area contributed by atoms with E-state index in [1.54, 1.807) is 11.3 Å².